The first kappa shape index (κ1) is 21.2. The van der Waals surface area contributed by atoms with Crippen LogP contribution in [0.15, 0.2) is 36.4 Å². The zero-order valence-electron chi connectivity index (χ0n) is 15.1. The molecule has 0 atom stereocenters. The lowest BCUT2D eigenvalue weighted by Gasteiger charge is -2.08. The predicted octanol–water partition coefficient (Wildman–Crippen LogP) is 2.54. The summed E-state index contributed by atoms with van der Waals surface area (Å²) in [6.07, 6.45) is 0. The molecule has 0 aliphatic heterocycles. The number of hydrogen-bond donors (Lipinski definition) is 0. The van der Waals surface area contributed by atoms with Gasteiger partial charge in [-0.15, -0.1) is 0 Å². The van der Waals surface area contributed by atoms with Gasteiger partial charge < -0.3 is 23.7 Å². The minimum Gasteiger partial charge on any atom is -0.491 e. The van der Waals surface area contributed by atoms with Crippen LogP contribution in [0.1, 0.15) is 12.5 Å². The Kier molecular flexibility index (Phi) is 11.3. The topological polar surface area (TPSA) is 63.2 Å². The maximum absolute atomic E-state index is 11.1. The quantitative estimate of drug-likeness (QED) is 0.291. The van der Waals surface area contributed by atoms with Gasteiger partial charge in [-0.1, -0.05) is 24.3 Å². The lowest BCUT2D eigenvalue weighted by atomic mass is 10.2. The van der Waals surface area contributed by atoms with Crippen molar-refractivity contribution in [3.8, 4) is 5.75 Å². The van der Waals surface area contributed by atoms with Gasteiger partial charge in [0, 0.05) is 5.57 Å². The number of ether oxygens (including phenoxy) is 5. The zero-order chi connectivity index (χ0) is 18.3. The fourth-order valence-electron chi connectivity index (χ4n) is 1.71. The molecule has 1 aromatic rings. The van der Waals surface area contributed by atoms with Gasteiger partial charge in [0.1, 0.15) is 19.0 Å². The van der Waals surface area contributed by atoms with Gasteiger partial charge in [-0.2, -0.15) is 0 Å². The smallest absolute Gasteiger partial charge is 0.333 e. The summed E-state index contributed by atoms with van der Waals surface area (Å²) in [6, 6.07) is 7.91. The Bertz CT molecular complexity index is 497. The molecule has 0 unspecified atom stereocenters. The fourth-order valence-corrected chi connectivity index (χ4v) is 1.71. The fraction of sp³-hybridized carbons (Fsp3) is 0.526. The van der Waals surface area contributed by atoms with E-state index in [0.29, 0.717) is 51.8 Å². The summed E-state index contributed by atoms with van der Waals surface area (Å²) in [5.41, 5.74) is 1.59. The van der Waals surface area contributed by atoms with E-state index in [1.807, 2.05) is 31.2 Å². The molecule has 0 radical (unpaired) electrons. The van der Waals surface area contributed by atoms with E-state index in [1.54, 1.807) is 6.92 Å². The number of carbonyl (C=O) groups excluding carboxylic acids is 1. The molecule has 6 nitrogen and oxygen atoms in total. The molecule has 0 heterocycles. The number of rotatable bonds is 14. The summed E-state index contributed by atoms with van der Waals surface area (Å²) in [6.45, 7) is 10.6. The molecule has 6 heteroatoms. The summed E-state index contributed by atoms with van der Waals surface area (Å²) in [5.74, 6) is 0.444. The van der Waals surface area contributed by atoms with Crippen LogP contribution in [0.2, 0.25) is 0 Å². The maximum atomic E-state index is 11.1. The molecular weight excluding hydrogens is 324 g/mol. The lowest BCUT2D eigenvalue weighted by molar-refractivity contribution is -0.140. The maximum Gasteiger partial charge on any atom is 0.333 e. The Labute approximate surface area is 149 Å². The Morgan fingerprint density at radius 1 is 0.840 bits per heavy atom. The first-order valence-electron chi connectivity index (χ1n) is 8.35. The second-order valence-corrected chi connectivity index (χ2v) is 5.41. The van der Waals surface area contributed by atoms with Crippen molar-refractivity contribution in [1.29, 1.82) is 0 Å². The van der Waals surface area contributed by atoms with Crippen LogP contribution in [0.25, 0.3) is 0 Å². The molecule has 0 amide bonds. The Morgan fingerprint density at radius 2 is 1.32 bits per heavy atom. The molecule has 0 N–H and O–H groups in total. The van der Waals surface area contributed by atoms with Crippen molar-refractivity contribution in [1.82, 2.24) is 0 Å². The summed E-state index contributed by atoms with van der Waals surface area (Å²) in [4.78, 5) is 11.1. The highest BCUT2D eigenvalue weighted by atomic mass is 16.6. The number of hydrogen-bond acceptors (Lipinski definition) is 6. The average Bonchev–Trinajstić information content (AvgIpc) is 2.60. The van der Waals surface area contributed by atoms with Gasteiger partial charge >= 0.3 is 5.97 Å². The summed E-state index contributed by atoms with van der Waals surface area (Å²) in [7, 11) is 0. The van der Waals surface area contributed by atoms with Crippen LogP contribution in [0, 0.1) is 6.92 Å². The van der Waals surface area contributed by atoms with Gasteiger partial charge in [-0.3, -0.25) is 0 Å². The SMILES string of the molecule is C=C(C)C(=O)OCCOCCOCCOCCOc1ccc(C)cc1. The third kappa shape index (κ3) is 11.3. The highest BCUT2D eigenvalue weighted by molar-refractivity contribution is 5.86. The van der Waals surface area contributed by atoms with Gasteiger partial charge in [0.2, 0.25) is 0 Å². The molecule has 1 rings (SSSR count). The molecule has 140 valence electrons. The molecule has 25 heavy (non-hydrogen) atoms. The van der Waals surface area contributed by atoms with E-state index >= 15 is 0 Å². The van der Waals surface area contributed by atoms with E-state index in [2.05, 4.69) is 6.58 Å². The third-order valence-electron chi connectivity index (χ3n) is 3.07. The summed E-state index contributed by atoms with van der Waals surface area (Å²) >= 11 is 0. The van der Waals surface area contributed by atoms with E-state index in [4.69, 9.17) is 23.7 Å². The summed E-state index contributed by atoms with van der Waals surface area (Å²) < 4.78 is 26.5. The molecule has 0 saturated heterocycles. The number of carbonyl (C=O) groups is 1. The highest BCUT2D eigenvalue weighted by Gasteiger charge is 2.01. The first-order chi connectivity index (χ1) is 12.1. The molecule has 0 aliphatic rings. The Balaban J connectivity index is 1.81. The van der Waals surface area contributed by atoms with Crippen LogP contribution < -0.4 is 4.74 Å². The van der Waals surface area contributed by atoms with Crippen LogP contribution in [0.5, 0.6) is 5.75 Å². The molecule has 0 saturated carbocycles. The van der Waals surface area contributed by atoms with Crippen molar-refractivity contribution < 1.29 is 28.5 Å². The van der Waals surface area contributed by atoms with Crippen molar-refractivity contribution in [3.63, 3.8) is 0 Å². The van der Waals surface area contributed by atoms with Crippen molar-refractivity contribution in [3.05, 3.63) is 42.0 Å². The van der Waals surface area contributed by atoms with E-state index in [-0.39, 0.29) is 6.61 Å². The molecule has 0 spiro atoms. The average molecular weight is 352 g/mol. The predicted molar refractivity (Wildman–Crippen MR) is 94.9 cm³/mol. The second-order valence-electron chi connectivity index (χ2n) is 5.41. The lowest BCUT2D eigenvalue weighted by Crippen LogP contribution is -2.15. The van der Waals surface area contributed by atoms with E-state index in [0.717, 1.165) is 5.75 Å². The molecule has 0 aliphatic carbocycles. The Hall–Kier alpha value is -1.89. The van der Waals surface area contributed by atoms with Gasteiger partial charge in [0.25, 0.3) is 0 Å². The van der Waals surface area contributed by atoms with Crippen molar-refractivity contribution in [2.75, 3.05) is 52.9 Å². The van der Waals surface area contributed by atoms with Crippen LogP contribution in [-0.4, -0.2) is 58.8 Å². The van der Waals surface area contributed by atoms with Crippen molar-refractivity contribution in [2.24, 2.45) is 0 Å². The monoisotopic (exact) mass is 352 g/mol. The van der Waals surface area contributed by atoms with Crippen LogP contribution in [-0.2, 0) is 23.7 Å². The van der Waals surface area contributed by atoms with Crippen molar-refractivity contribution in [2.45, 2.75) is 13.8 Å². The van der Waals surface area contributed by atoms with Gasteiger partial charge in [0.05, 0.1) is 39.6 Å². The van der Waals surface area contributed by atoms with Gasteiger partial charge in [0.15, 0.2) is 0 Å². The first-order valence-corrected chi connectivity index (χ1v) is 8.35. The summed E-state index contributed by atoms with van der Waals surface area (Å²) in [5, 5.41) is 0. The number of esters is 1. The third-order valence-corrected chi connectivity index (χ3v) is 3.07. The largest absolute Gasteiger partial charge is 0.491 e. The normalized spacial score (nSPS) is 10.5. The minimum atomic E-state index is -0.400. The van der Waals surface area contributed by atoms with Crippen LogP contribution >= 0.6 is 0 Å². The molecule has 0 bridgehead atoms. The molecule has 0 aromatic heterocycles. The number of benzene rings is 1. The van der Waals surface area contributed by atoms with Crippen LogP contribution in [0.4, 0.5) is 0 Å². The second kappa shape index (κ2) is 13.4. The van der Waals surface area contributed by atoms with E-state index < -0.39 is 5.97 Å². The van der Waals surface area contributed by atoms with Gasteiger partial charge in [-0.25, -0.2) is 4.79 Å². The van der Waals surface area contributed by atoms with E-state index in [9.17, 15) is 4.79 Å². The number of aryl methyl sites for hydroxylation is 1. The standard InChI is InChI=1S/C19H28O6/c1-16(2)19(20)25-15-13-23-11-9-21-8-10-22-12-14-24-18-6-4-17(3)5-7-18/h4-7H,1,8-15H2,2-3H3. The van der Waals surface area contributed by atoms with Crippen molar-refractivity contribution >= 4 is 5.97 Å². The Morgan fingerprint density at radius 3 is 1.84 bits per heavy atom. The van der Waals surface area contributed by atoms with E-state index in [1.165, 1.54) is 5.56 Å². The highest BCUT2D eigenvalue weighted by Crippen LogP contribution is 2.10. The van der Waals surface area contributed by atoms with Crippen LogP contribution in [0.3, 0.4) is 0 Å². The molecule has 1 aromatic carbocycles. The molecular formula is C19H28O6. The van der Waals surface area contributed by atoms with Gasteiger partial charge in [-0.05, 0) is 26.0 Å². The zero-order valence-corrected chi connectivity index (χ0v) is 15.1. The molecule has 0 fully saturated rings. The minimum absolute atomic E-state index is 0.218.